The normalized spacial score (nSPS) is 22.7. The van der Waals surface area contributed by atoms with Gasteiger partial charge in [0.05, 0.1) is 6.04 Å². The lowest BCUT2D eigenvalue weighted by molar-refractivity contribution is -0.162. The van der Waals surface area contributed by atoms with Gasteiger partial charge in [0.1, 0.15) is 6.61 Å². The Hall–Kier alpha value is -1.88. The summed E-state index contributed by atoms with van der Waals surface area (Å²) in [6.45, 7) is 2.55. The van der Waals surface area contributed by atoms with Crippen LogP contribution in [0.5, 0.6) is 0 Å². The van der Waals surface area contributed by atoms with Crippen molar-refractivity contribution in [3.8, 4) is 0 Å². The molecule has 2 atom stereocenters. The number of nitrogens with zero attached hydrogens (tertiary/aromatic N) is 1. The van der Waals surface area contributed by atoms with Crippen molar-refractivity contribution >= 4 is 11.8 Å². The summed E-state index contributed by atoms with van der Waals surface area (Å²) >= 11 is 0. The number of amides is 2. The third-order valence-electron chi connectivity index (χ3n) is 3.43. The summed E-state index contributed by atoms with van der Waals surface area (Å²) in [5, 5.41) is 2.84. The molecule has 108 valence electrons. The van der Waals surface area contributed by atoms with E-state index in [-0.39, 0.29) is 24.5 Å². The zero-order chi connectivity index (χ0) is 14.5. The summed E-state index contributed by atoms with van der Waals surface area (Å²) in [4.78, 5) is 25.6. The van der Waals surface area contributed by atoms with Crippen LogP contribution < -0.4 is 5.32 Å². The fourth-order valence-electron chi connectivity index (χ4n) is 2.33. The molecule has 1 heterocycles. The Bertz CT molecular complexity index is 475. The SMILES string of the molecule is CCCNC(=O)[C@H]1OCC(=O)N(C)[C@H]1c1ccccc1. The van der Waals surface area contributed by atoms with Crippen molar-refractivity contribution in [3.63, 3.8) is 0 Å². The standard InChI is InChI=1S/C15H20N2O3/c1-3-9-16-15(19)14-13(11-7-5-4-6-8-11)17(2)12(18)10-20-14/h4-8,13-14H,3,9-10H2,1-2H3,(H,16,19)/t13-,14-/m0/s1. The van der Waals surface area contributed by atoms with Gasteiger partial charge in [0, 0.05) is 13.6 Å². The van der Waals surface area contributed by atoms with E-state index in [2.05, 4.69) is 5.32 Å². The summed E-state index contributed by atoms with van der Waals surface area (Å²) in [7, 11) is 1.71. The van der Waals surface area contributed by atoms with E-state index in [4.69, 9.17) is 4.74 Å². The molecule has 0 bridgehead atoms. The molecule has 5 heteroatoms. The van der Waals surface area contributed by atoms with E-state index in [1.807, 2.05) is 37.3 Å². The Kier molecular flexibility index (Phi) is 4.74. The molecule has 0 aromatic heterocycles. The van der Waals surface area contributed by atoms with Crippen LogP contribution in [0.2, 0.25) is 0 Å². The minimum absolute atomic E-state index is 0.0515. The number of hydrogen-bond donors (Lipinski definition) is 1. The van der Waals surface area contributed by atoms with Crippen molar-refractivity contribution in [1.82, 2.24) is 10.2 Å². The molecule has 1 aromatic rings. The van der Waals surface area contributed by atoms with Gasteiger partial charge in [-0.1, -0.05) is 37.3 Å². The molecule has 1 fully saturated rings. The first-order valence-corrected chi connectivity index (χ1v) is 6.85. The van der Waals surface area contributed by atoms with Gasteiger partial charge in [0.15, 0.2) is 6.10 Å². The van der Waals surface area contributed by atoms with Crippen molar-refractivity contribution in [2.45, 2.75) is 25.5 Å². The van der Waals surface area contributed by atoms with Gasteiger partial charge in [-0.25, -0.2) is 0 Å². The molecule has 0 aliphatic carbocycles. The Morgan fingerprint density at radius 1 is 1.40 bits per heavy atom. The summed E-state index contributed by atoms with van der Waals surface area (Å²) in [6, 6.07) is 9.12. The molecule has 0 unspecified atom stereocenters. The van der Waals surface area contributed by atoms with Crippen LogP contribution in [0.3, 0.4) is 0 Å². The van der Waals surface area contributed by atoms with Crippen LogP contribution in [0.25, 0.3) is 0 Å². The third-order valence-corrected chi connectivity index (χ3v) is 3.43. The molecule has 5 nitrogen and oxygen atoms in total. The molecule has 1 aromatic carbocycles. The number of morpholine rings is 1. The van der Waals surface area contributed by atoms with Gasteiger partial charge >= 0.3 is 0 Å². The predicted octanol–water partition coefficient (Wildman–Crippen LogP) is 1.11. The number of rotatable bonds is 4. The molecule has 20 heavy (non-hydrogen) atoms. The number of carbonyl (C=O) groups is 2. The maximum atomic E-state index is 12.2. The Balaban J connectivity index is 2.24. The largest absolute Gasteiger partial charge is 0.356 e. The molecule has 2 amide bonds. The van der Waals surface area contributed by atoms with Crippen molar-refractivity contribution < 1.29 is 14.3 Å². The highest BCUT2D eigenvalue weighted by molar-refractivity contribution is 5.86. The fourth-order valence-corrected chi connectivity index (χ4v) is 2.33. The molecular formula is C15H20N2O3. The topological polar surface area (TPSA) is 58.6 Å². The molecule has 0 saturated carbocycles. The highest BCUT2D eigenvalue weighted by Crippen LogP contribution is 2.28. The van der Waals surface area contributed by atoms with E-state index in [1.165, 1.54) is 0 Å². The molecule has 1 saturated heterocycles. The first-order valence-electron chi connectivity index (χ1n) is 6.85. The number of carbonyl (C=O) groups excluding carboxylic acids is 2. The Labute approximate surface area is 118 Å². The average molecular weight is 276 g/mol. The predicted molar refractivity (Wildman–Crippen MR) is 75.0 cm³/mol. The molecule has 1 N–H and O–H groups in total. The molecule has 2 rings (SSSR count). The van der Waals surface area contributed by atoms with Gasteiger partial charge < -0.3 is 15.0 Å². The summed E-state index contributed by atoms with van der Waals surface area (Å²) in [6.07, 6.45) is 0.204. The third kappa shape index (κ3) is 2.99. The summed E-state index contributed by atoms with van der Waals surface area (Å²) in [5.74, 6) is -0.279. The smallest absolute Gasteiger partial charge is 0.251 e. The van der Waals surface area contributed by atoms with Crippen LogP contribution in [0.4, 0.5) is 0 Å². The van der Waals surface area contributed by atoms with Crippen LogP contribution in [0.15, 0.2) is 30.3 Å². The van der Waals surface area contributed by atoms with E-state index < -0.39 is 6.10 Å². The number of hydrogen-bond acceptors (Lipinski definition) is 3. The minimum atomic E-state index is -0.661. The number of likely N-dealkylation sites (N-methyl/N-ethyl adjacent to an activating group) is 1. The fraction of sp³-hybridized carbons (Fsp3) is 0.467. The van der Waals surface area contributed by atoms with E-state index in [0.717, 1.165) is 12.0 Å². The van der Waals surface area contributed by atoms with Crippen LogP contribution in [0, 0.1) is 0 Å². The maximum Gasteiger partial charge on any atom is 0.251 e. The van der Waals surface area contributed by atoms with E-state index >= 15 is 0 Å². The molecule has 0 spiro atoms. The van der Waals surface area contributed by atoms with E-state index in [0.29, 0.717) is 6.54 Å². The molecular weight excluding hydrogens is 256 g/mol. The van der Waals surface area contributed by atoms with Gasteiger partial charge in [-0.3, -0.25) is 9.59 Å². The monoisotopic (exact) mass is 276 g/mol. The number of nitrogens with one attached hydrogen (secondary N) is 1. The van der Waals surface area contributed by atoms with Gasteiger partial charge in [0.25, 0.3) is 5.91 Å². The molecule has 1 aliphatic rings. The zero-order valence-corrected chi connectivity index (χ0v) is 11.8. The lowest BCUT2D eigenvalue weighted by Gasteiger charge is -2.38. The first-order chi connectivity index (χ1) is 9.65. The van der Waals surface area contributed by atoms with Gasteiger partial charge in [-0.2, -0.15) is 0 Å². The maximum absolute atomic E-state index is 12.2. The minimum Gasteiger partial charge on any atom is -0.356 e. The highest BCUT2D eigenvalue weighted by Gasteiger charge is 2.39. The molecule has 0 radical (unpaired) electrons. The van der Waals surface area contributed by atoms with Crippen LogP contribution in [-0.4, -0.2) is 43.0 Å². The van der Waals surface area contributed by atoms with Gasteiger partial charge in [0.2, 0.25) is 5.91 Å². The van der Waals surface area contributed by atoms with Crippen molar-refractivity contribution in [2.75, 3.05) is 20.2 Å². The molecule has 1 aliphatic heterocycles. The second-order valence-corrected chi connectivity index (χ2v) is 4.88. The van der Waals surface area contributed by atoms with Gasteiger partial charge in [-0.15, -0.1) is 0 Å². The van der Waals surface area contributed by atoms with Crippen molar-refractivity contribution in [1.29, 1.82) is 0 Å². The average Bonchev–Trinajstić information content (AvgIpc) is 2.48. The second kappa shape index (κ2) is 6.52. The van der Waals surface area contributed by atoms with Gasteiger partial charge in [-0.05, 0) is 12.0 Å². The summed E-state index contributed by atoms with van der Waals surface area (Å²) < 4.78 is 5.48. The summed E-state index contributed by atoms with van der Waals surface area (Å²) in [5.41, 5.74) is 0.902. The Morgan fingerprint density at radius 2 is 2.10 bits per heavy atom. The first kappa shape index (κ1) is 14.5. The van der Waals surface area contributed by atoms with Crippen molar-refractivity contribution in [2.24, 2.45) is 0 Å². The zero-order valence-electron chi connectivity index (χ0n) is 11.8. The van der Waals surface area contributed by atoms with Crippen LogP contribution in [0.1, 0.15) is 24.9 Å². The quantitative estimate of drug-likeness (QED) is 0.896. The van der Waals surface area contributed by atoms with Crippen LogP contribution in [-0.2, 0) is 14.3 Å². The number of ether oxygens (including phenoxy) is 1. The van der Waals surface area contributed by atoms with Crippen molar-refractivity contribution in [3.05, 3.63) is 35.9 Å². The van der Waals surface area contributed by atoms with Crippen LogP contribution >= 0.6 is 0 Å². The van der Waals surface area contributed by atoms with E-state index in [9.17, 15) is 9.59 Å². The second-order valence-electron chi connectivity index (χ2n) is 4.88. The number of benzene rings is 1. The highest BCUT2D eigenvalue weighted by atomic mass is 16.5. The lowest BCUT2D eigenvalue weighted by atomic mass is 9.97. The lowest BCUT2D eigenvalue weighted by Crippen LogP contribution is -2.53. The van der Waals surface area contributed by atoms with E-state index in [1.54, 1.807) is 11.9 Å². The Morgan fingerprint density at radius 3 is 2.75 bits per heavy atom.